The highest BCUT2D eigenvalue weighted by molar-refractivity contribution is 5.90. The number of nitrogens with zero attached hydrogens (tertiary/aromatic N) is 7. The van der Waals surface area contributed by atoms with Crippen molar-refractivity contribution in [3.8, 4) is 0 Å². The number of aromatic nitrogens is 4. The summed E-state index contributed by atoms with van der Waals surface area (Å²) in [6, 6.07) is 6.25. The Morgan fingerprint density at radius 1 is 1.03 bits per heavy atom. The van der Waals surface area contributed by atoms with Crippen molar-refractivity contribution in [2.45, 2.75) is 18.4 Å². The fourth-order valence-corrected chi connectivity index (χ4v) is 5.00. The van der Waals surface area contributed by atoms with Gasteiger partial charge in [0.2, 0.25) is 5.95 Å². The summed E-state index contributed by atoms with van der Waals surface area (Å²) < 4.78 is 7.99. The van der Waals surface area contributed by atoms with E-state index in [4.69, 9.17) is 9.72 Å². The molecule has 0 amide bonds. The van der Waals surface area contributed by atoms with Gasteiger partial charge in [-0.15, -0.1) is 0 Å². The first-order chi connectivity index (χ1) is 15.7. The Kier molecular flexibility index (Phi) is 4.80. The summed E-state index contributed by atoms with van der Waals surface area (Å²) in [7, 11) is 2.16. The lowest BCUT2D eigenvalue weighted by Gasteiger charge is -2.40. The van der Waals surface area contributed by atoms with Crippen LogP contribution in [0, 0.1) is 0 Å². The standard InChI is InChI=1S/C23H28N8O/c1-29-6-8-30(9-7-29)18-2-3-20(25-15-18)27-22-26-13-17-12-19-14-24-16-23(4-10-32-11-5-23)31(19)21(17)28-22/h2-3,12-15H,4-11,16H2,1H3,(H,25,26,27,28). The minimum Gasteiger partial charge on any atom is -0.381 e. The number of nitrogens with one attached hydrogen (secondary N) is 1. The quantitative estimate of drug-likeness (QED) is 0.680. The van der Waals surface area contributed by atoms with Gasteiger partial charge < -0.3 is 24.4 Å². The van der Waals surface area contributed by atoms with Crippen molar-refractivity contribution >= 4 is 34.7 Å². The summed E-state index contributed by atoms with van der Waals surface area (Å²) in [5, 5.41) is 4.32. The number of anilines is 3. The van der Waals surface area contributed by atoms with Crippen molar-refractivity contribution in [1.82, 2.24) is 24.4 Å². The maximum absolute atomic E-state index is 5.64. The van der Waals surface area contributed by atoms with E-state index in [1.54, 1.807) is 0 Å². The number of likely N-dealkylation sites (N-methyl/N-ethyl adjacent to an activating group) is 1. The number of hydrogen-bond donors (Lipinski definition) is 1. The van der Waals surface area contributed by atoms with E-state index in [1.807, 2.05) is 24.7 Å². The molecule has 9 heteroatoms. The second kappa shape index (κ2) is 7.83. The molecule has 1 N–H and O–H groups in total. The van der Waals surface area contributed by atoms with Crippen LogP contribution in [0.3, 0.4) is 0 Å². The summed E-state index contributed by atoms with van der Waals surface area (Å²) in [5.74, 6) is 1.30. The number of hydrogen-bond acceptors (Lipinski definition) is 8. The number of pyridine rings is 1. The van der Waals surface area contributed by atoms with E-state index in [0.29, 0.717) is 5.95 Å². The van der Waals surface area contributed by atoms with Crippen LogP contribution in [-0.4, -0.2) is 83.6 Å². The van der Waals surface area contributed by atoms with E-state index in [1.165, 1.54) is 0 Å². The van der Waals surface area contributed by atoms with Gasteiger partial charge in [0.1, 0.15) is 11.5 Å². The highest BCUT2D eigenvalue weighted by Crippen LogP contribution is 2.37. The number of piperazine rings is 1. The lowest BCUT2D eigenvalue weighted by Crippen LogP contribution is -2.44. The first kappa shape index (κ1) is 19.6. The summed E-state index contributed by atoms with van der Waals surface area (Å²) in [6.07, 6.45) is 7.66. The number of aliphatic imine (C=N–C) groups is 1. The Hall–Kier alpha value is -3.04. The largest absolute Gasteiger partial charge is 0.381 e. The van der Waals surface area contributed by atoms with Crippen LogP contribution in [0.5, 0.6) is 0 Å². The van der Waals surface area contributed by atoms with Crippen molar-refractivity contribution < 1.29 is 4.74 Å². The molecule has 0 bridgehead atoms. The van der Waals surface area contributed by atoms with Crippen molar-refractivity contribution in [2.24, 2.45) is 4.99 Å². The second-order valence-corrected chi connectivity index (χ2v) is 9.00. The second-order valence-electron chi connectivity index (χ2n) is 9.00. The summed E-state index contributed by atoms with van der Waals surface area (Å²) in [4.78, 5) is 23.4. The highest BCUT2D eigenvalue weighted by atomic mass is 16.5. The maximum Gasteiger partial charge on any atom is 0.230 e. The lowest BCUT2D eigenvalue weighted by molar-refractivity contribution is 0.0257. The Labute approximate surface area is 187 Å². The van der Waals surface area contributed by atoms with Crippen LogP contribution in [0.2, 0.25) is 0 Å². The molecule has 3 aromatic heterocycles. The van der Waals surface area contributed by atoms with Gasteiger partial charge in [-0.1, -0.05) is 0 Å². The van der Waals surface area contributed by atoms with Gasteiger partial charge in [0.05, 0.1) is 29.7 Å². The summed E-state index contributed by atoms with van der Waals surface area (Å²) in [6.45, 7) is 6.50. The molecule has 3 aliphatic rings. The van der Waals surface area contributed by atoms with Crippen LogP contribution in [0.15, 0.2) is 35.6 Å². The molecule has 6 rings (SSSR count). The zero-order valence-corrected chi connectivity index (χ0v) is 18.4. The van der Waals surface area contributed by atoms with E-state index in [2.05, 4.69) is 53.8 Å². The van der Waals surface area contributed by atoms with Gasteiger partial charge in [-0.3, -0.25) is 4.99 Å². The highest BCUT2D eigenvalue weighted by Gasteiger charge is 2.38. The first-order valence-electron chi connectivity index (χ1n) is 11.3. The molecule has 3 aliphatic heterocycles. The van der Waals surface area contributed by atoms with Gasteiger partial charge in [0.15, 0.2) is 0 Å². The van der Waals surface area contributed by atoms with Crippen molar-refractivity contribution in [2.75, 3.05) is 63.2 Å². The molecule has 6 heterocycles. The molecule has 0 saturated carbocycles. The average molecular weight is 433 g/mol. The molecule has 0 radical (unpaired) electrons. The Morgan fingerprint density at radius 2 is 1.88 bits per heavy atom. The van der Waals surface area contributed by atoms with Crippen LogP contribution >= 0.6 is 0 Å². The zero-order valence-electron chi connectivity index (χ0n) is 18.4. The van der Waals surface area contributed by atoms with Gasteiger partial charge in [-0.25, -0.2) is 9.97 Å². The van der Waals surface area contributed by atoms with Crippen LogP contribution in [0.25, 0.3) is 11.0 Å². The Balaban J connectivity index is 1.27. The Bertz CT molecular complexity index is 1140. The molecule has 0 atom stereocenters. The van der Waals surface area contributed by atoms with E-state index in [-0.39, 0.29) is 5.54 Å². The van der Waals surface area contributed by atoms with E-state index in [9.17, 15) is 0 Å². The third-order valence-corrected chi connectivity index (χ3v) is 6.93. The lowest BCUT2D eigenvalue weighted by atomic mass is 9.88. The molecular weight excluding hydrogens is 404 g/mol. The van der Waals surface area contributed by atoms with Gasteiger partial charge in [0.25, 0.3) is 0 Å². The minimum atomic E-state index is -0.0574. The van der Waals surface area contributed by atoms with Gasteiger partial charge in [-0.2, -0.15) is 4.98 Å². The van der Waals surface area contributed by atoms with Crippen LogP contribution in [0.4, 0.5) is 17.5 Å². The minimum absolute atomic E-state index is 0.0574. The fourth-order valence-electron chi connectivity index (χ4n) is 5.00. The van der Waals surface area contributed by atoms with Crippen LogP contribution in [0.1, 0.15) is 18.5 Å². The molecule has 0 aromatic carbocycles. The zero-order chi connectivity index (χ0) is 21.5. The third kappa shape index (κ3) is 3.41. The molecule has 9 nitrogen and oxygen atoms in total. The van der Waals surface area contributed by atoms with Gasteiger partial charge in [-0.05, 0) is 38.1 Å². The average Bonchev–Trinajstić information content (AvgIpc) is 3.20. The van der Waals surface area contributed by atoms with Crippen LogP contribution < -0.4 is 10.2 Å². The Morgan fingerprint density at radius 3 is 2.66 bits per heavy atom. The molecule has 32 heavy (non-hydrogen) atoms. The smallest absolute Gasteiger partial charge is 0.230 e. The first-order valence-corrected chi connectivity index (χ1v) is 11.3. The monoisotopic (exact) mass is 432 g/mol. The van der Waals surface area contributed by atoms with Crippen molar-refractivity contribution in [3.63, 3.8) is 0 Å². The fraction of sp³-hybridized carbons (Fsp3) is 0.478. The number of rotatable bonds is 3. The van der Waals surface area contributed by atoms with E-state index >= 15 is 0 Å². The molecule has 3 aromatic rings. The van der Waals surface area contributed by atoms with Crippen LogP contribution in [-0.2, 0) is 10.3 Å². The normalized spacial score (nSPS) is 20.6. The summed E-state index contributed by atoms with van der Waals surface area (Å²) >= 11 is 0. The SMILES string of the molecule is CN1CCN(c2ccc(Nc3ncc4cc5n(c4n3)C3(CCOCC3)CN=C5)nc2)CC1. The van der Waals surface area contributed by atoms with E-state index < -0.39 is 0 Å². The molecule has 166 valence electrons. The molecule has 1 spiro atoms. The molecular formula is C23H28N8O. The molecule has 2 saturated heterocycles. The topological polar surface area (TPSA) is 83.7 Å². The van der Waals surface area contributed by atoms with Gasteiger partial charge in [0, 0.05) is 57.2 Å². The number of ether oxygens (including phenoxy) is 1. The maximum atomic E-state index is 5.64. The van der Waals surface area contributed by atoms with Crippen molar-refractivity contribution in [3.05, 3.63) is 36.3 Å². The van der Waals surface area contributed by atoms with E-state index in [0.717, 1.165) is 87.0 Å². The number of fused-ring (bicyclic) bond motifs is 4. The van der Waals surface area contributed by atoms with Gasteiger partial charge >= 0.3 is 0 Å². The van der Waals surface area contributed by atoms with Crippen molar-refractivity contribution in [1.29, 1.82) is 0 Å². The third-order valence-electron chi connectivity index (χ3n) is 6.93. The summed E-state index contributed by atoms with van der Waals surface area (Å²) in [5.41, 5.74) is 3.13. The molecule has 0 aliphatic carbocycles. The molecule has 2 fully saturated rings. The predicted molar refractivity (Wildman–Crippen MR) is 125 cm³/mol. The molecule has 0 unspecified atom stereocenters. The predicted octanol–water partition coefficient (Wildman–Crippen LogP) is 2.26.